The summed E-state index contributed by atoms with van der Waals surface area (Å²) in [6.45, 7) is 0. The standard InChI is InChI=1S/C9H10FNOS/c1-11(9(10)13)7-5-3-4-6-8(7)12-2/h3-6H,1-2H3. The molecule has 0 saturated heterocycles. The Morgan fingerprint density at radius 1 is 1.46 bits per heavy atom. The maximum absolute atomic E-state index is 12.7. The van der Waals surface area contributed by atoms with Crippen LogP contribution in [0.25, 0.3) is 0 Å². The van der Waals surface area contributed by atoms with E-state index in [0.29, 0.717) is 11.4 Å². The van der Waals surface area contributed by atoms with E-state index in [1.54, 1.807) is 25.2 Å². The third kappa shape index (κ3) is 2.15. The van der Waals surface area contributed by atoms with Crippen LogP contribution in [0.3, 0.4) is 0 Å². The van der Waals surface area contributed by atoms with Gasteiger partial charge in [-0.25, -0.2) is 0 Å². The molecule has 0 bridgehead atoms. The molecule has 1 aromatic carbocycles. The van der Waals surface area contributed by atoms with Gasteiger partial charge in [0.1, 0.15) is 5.75 Å². The van der Waals surface area contributed by atoms with Gasteiger partial charge < -0.3 is 9.64 Å². The Labute approximate surface area is 81.9 Å². The minimum atomic E-state index is -0.676. The maximum Gasteiger partial charge on any atom is 0.259 e. The summed E-state index contributed by atoms with van der Waals surface area (Å²) in [5.74, 6) is 0.602. The number of nitrogens with zero attached hydrogens (tertiary/aromatic N) is 1. The molecule has 0 unspecified atom stereocenters. The number of anilines is 1. The molecule has 0 aliphatic heterocycles. The first-order valence-electron chi connectivity index (χ1n) is 3.73. The first kappa shape index (κ1) is 9.92. The van der Waals surface area contributed by atoms with Crippen molar-refractivity contribution in [2.45, 2.75) is 0 Å². The second-order valence-corrected chi connectivity index (χ2v) is 2.82. The molecule has 70 valence electrons. The average molecular weight is 199 g/mol. The summed E-state index contributed by atoms with van der Waals surface area (Å²) in [5.41, 5.74) is 0.623. The molecule has 0 saturated carbocycles. The molecule has 4 heteroatoms. The van der Waals surface area contributed by atoms with Gasteiger partial charge in [-0.15, -0.1) is 0 Å². The van der Waals surface area contributed by atoms with Gasteiger partial charge in [0.05, 0.1) is 12.8 Å². The van der Waals surface area contributed by atoms with E-state index in [0.717, 1.165) is 0 Å². The number of para-hydroxylation sites is 2. The van der Waals surface area contributed by atoms with E-state index >= 15 is 0 Å². The van der Waals surface area contributed by atoms with Crippen LogP contribution in [0.2, 0.25) is 0 Å². The zero-order valence-electron chi connectivity index (χ0n) is 7.45. The van der Waals surface area contributed by atoms with E-state index in [2.05, 4.69) is 12.2 Å². The average Bonchev–Trinajstić information content (AvgIpc) is 2.16. The molecular formula is C9H10FNOS. The number of thiocarbonyl (C=S) groups is 1. The predicted molar refractivity (Wildman–Crippen MR) is 55.1 cm³/mol. The van der Waals surface area contributed by atoms with Gasteiger partial charge in [-0.05, 0) is 24.4 Å². The summed E-state index contributed by atoms with van der Waals surface area (Å²) >= 11 is 4.41. The van der Waals surface area contributed by atoms with Crippen molar-refractivity contribution in [3.63, 3.8) is 0 Å². The van der Waals surface area contributed by atoms with Crippen molar-refractivity contribution < 1.29 is 9.13 Å². The van der Waals surface area contributed by atoms with Gasteiger partial charge in [0, 0.05) is 7.05 Å². The van der Waals surface area contributed by atoms with Crippen molar-refractivity contribution in [2.24, 2.45) is 0 Å². The van der Waals surface area contributed by atoms with Gasteiger partial charge in [-0.2, -0.15) is 4.39 Å². The van der Waals surface area contributed by atoms with Crippen LogP contribution in [0.4, 0.5) is 10.1 Å². The molecule has 0 fully saturated rings. The second kappa shape index (κ2) is 4.18. The highest BCUT2D eigenvalue weighted by Crippen LogP contribution is 2.26. The predicted octanol–water partition coefficient (Wildman–Crippen LogP) is 2.39. The van der Waals surface area contributed by atoms with Crippen LogP contribution >= 0.6 is 12.2 Å². The molecule has 0 aliphatic rings. The Morgan fingerprint density at radius 3 is 2.62 bits per heavy atom. The van der Waals surface area contributed by atoms with E-state index in [4.69, 9.17) is 4.74 Å². The number of hydrogen-bond donors (Lipinski definition) is 0. The van der Waals surface area contributed by atoms with Crippen molar-refractivity contribution in [1.82, 2.24) is 0 Å². The molecule has 0 radical (unpaired) electrons. The first-order chi connectivity index (χ1) is 6.16. The monoisotopic (exact) mass is 199 g/mol. The second-order valence-electron chi connectivity index (χ2n) is 2.48. The lowest BCUT2D eigenvalue weighted by atomic mass is 10.3. The molecule has 0 atom stereocenters. The Balaban J connectivity index is 3.05. The van der Waals surface area contributed by atoms with Crippen LogP contribution in [0.15, 0.2) is 24.3 Å². The summed E-state index contributed by atoms with van der Waals surface area (Å²) in [4.78, 5) is 1.26. The molecule has 2 nitrogen and oxygen atoms in total. The van der Waals surface area contributed by atoms with Crippen LogP contribution < -0.4 is 9.64 Å². The number of hydrogen-bond acceptors (Lipinski definition) is 2. The molecular weight excluding hydrogens is 189 g/mol. The lowest BCUT2D eigenvalue weighted by Crippen LogP contribution is -2.20. The minimum Gasteiger partial charge on any atom is -0.495 e. The van der Waals surface area contributed by atoms with Crippen molar-refractivity contribution in [3.8, 4) is 5.75 Å². The molecule has 0 aliphatic carbocycles. The molecule has 1 aromatic rings. The Kier molecular flexibility index (Phi) is 3.19. The van der Waals surface area contributed by atoms with E-state index in [-0.39, 0.29) is 0 Å². The van der Waals surface area contributed by atoms with Crippen LogP contribution in [0, 0.1) is 0 Å². The normalized spacial score (nSPS) is 9.46. The Bertz CT molecular complexity index is 316. The quantitative estimate of drug-likeness (QED) is 0.412. The molecule has 1 rings (SSSR count). The van der Waals surface area contributed by atoms with Crippen LogP contribution in [0.1, 0.15) is 0 Å². The van der Waals surface area contributed by atoms with Crippen LogP contribution in [-0.4, -0.2) is 19.4 Å². The van der Waals surface area contributed by atoms with Gasteiger partial charge in [0.25, 0.3) is 5.24 Å². The highest BCUT2D eigenvalue weighted by molar-refractivity contribution is 7.80. The van der Waals surface area contributed by atoms with Crippen molar-refractivity contribution in [2.75, 3.05) is 19.1 Å². The topological polar surface area (TPSA) is 12.5 Å². The molecule has 13 heavy (non-hydrogen) atoms. The summed E-state index contributed by atoms with van der Waals surface area (Å²) in [7, 11) is 3.09. The fourth-order valence-corrected chi connectivity index (χ4v) is 1.10. The SMILES string of the molecule is COc1ccccc1N(C)C(F)=S. The zero-order chi connectivity index (χ0) is 9.84. The number of halogens is 1. The maximum atomic E-state index is 12.7. The van der Waals surface area contributed by atoms with Crippen LogP contribution in [0.5, 0.6) is 5.75 Å². The molecule has 0 spiro atoms. The number of rotatable bonds is 2. The van der Waals surface area contributed by atoms with Gasteiger partial charge in [0.15, 0.2) is 0 Å². The first-order valence-corrected chi connectivity index (χ1v) is 4.14. The molecule has 0 aromatic heterocycles. The smallest absolute Gasteiger partial charge is 0.259 e. The largest absolute Gasteiger partial charge is 0.495 e. The summed E-state index contributed by atoms with van der Waals surface area (Å²) in [5, 5.41) is -0.676. The lowest BCUT2D eigenvalue weighted by Gasteiger charge is -2.17. The lowest BCUT2D eigenvalue weighted by molar-refractivity contribution is 0.415. The van der Waals surface area contributed by atoms with Gasteiger partial charge in [-0.1, -0.05) is 12.1 Å². The highest BCUT2D eigenvalue weighted by Gasteiger charge is 2.09. The van der Waals surface area contributed by atoms with Crippen molar-refractivity contribution >= 4 is 23.1 Å². The third-order valence-electron chi connectivity index (χ3n) is 1.71. The van der Waals surface area contributed by atoms with Crippen molar-refractivity contribution in [1.29, 1.82) is 0 Å². The Morgan fingerprint density at radius 2 is 2.08 bits per heavy atom. The van der Waals surface area contributed by atoms with E-state index < -0.39 is 5.24 Å². The van der Waals surface area contributed by atoms with E-state index in [1.807, 2.05) is 6.07 Å². The van der Waals surface area contributed by atoms with Crippen LogP contribution in [-0.2, 0) is 0 Å². The number of ether oxygens (including phenoxy) is 1. The third-order valence-corrected chi connectivity index (χ3v) is 1.98. The van der Waals surface area contributed by atoms with Crippen molar-refractivity contribution in [3.05, 3.63) is 24.3 Å². The summed E-state index contributed by atoms with van der Waals surface area (Å²) in [6.07, 6.45) is 0. The fourth-order valence-electron chi connectivity index (χ4n) is 1.00. The zero-order valence-corrected chi connectivity index (χ0v) is 8.27. The van der Waals surface area contributed by atoms with E-state index in [9.17, 15) is 4.39 Å². The molecule has 0 N–H and O–H groups in total. The Hall–Kier alpha value is -1.16. The highest BCUT2D eigenvalue weighted by atomic mass is 32.1. The van der Waals surface area contributed by atoms with Gasteiger partial charge in [-0.3, -0.25) is 0 Å². The van der Waals surface area contributed by atoms with E-state index in [1.165, 1.54) is 12.0 Å². The number of methoxy groups -OCH3 is 1. The summed E-state index contributed by atoms with van der Waals surface area (Å²) in [6, 6.07) is 7.11. The molecule has 0 heterocycles. The number of benzene rings is 1. The fraction of sp³-hybridized carbons (Fsp3) is 0.222. The van der Waals surface area contributed by atoms with Gasteiger partial charge >= 0.3 is 0 Å². The molecule has 0 amide bonds. The summed E-state index contributed by atoms with van der Waals surface area (Å²) < 4.78 is 17.7. The minimum absolute atomic E-state index is 0.602. The van der Waals surface area contributed by atoms with Gasteiger partial charge in [0.2, 0.25) is 0 Å².